The molecule has 0 bridgehead atoms. The Morgan fingerprint density at radius 1 is 1.40 bits per heavy atom. The third-order valence-electron chi connectivity index (χ3n) is 3.93. The average Bonchev–Trinajstić information content (AvgIpc) is 2.47. The van der Waals surface area contributed by atoms with Crippen molar-refractivity contribution in [1.29, 1.82) is 5.26 Å². The molecule has 1 aliphatic rings. The van der Waals surface area contributed by atoms with Crippen LogP contribution in [0.3, 0.4) is 0 Å². The molecule has 1 aliphatic heterocycles. The van der Waals surface area contributed by atoms with Gasteiger partial charge >= 0.3 is 0 Å². The summed E-state index contributed by atoms with van der Waals surface area (Å²) >= 11 is 0. The van der Waals surface area contributed by atoms with E-state index in [9.17, 15) is 0 Å². The summed E-state index contributed by atoms with van der Waals surface area (Å²) in [5, 5.41) is 8.91. The van der Waals surface area contributed by atoms with Crippen molar-refractivity contribution < 1.29 is 9.47 Å². The van der Waals surface area contributed by atoms with Crippen LogP contribution < -0.4 is 9.47 Å². The van der Waals surface area contributed by atoms with E-state index in [1.807, 2.05) is 6.07 Å². The number of hydrogen-bond acceptors (Lipinski definition) is 4. The van der Waals surface area contributed by atoms with Crippen LogP contribution in [0.2, 0.25) is 0 Å². The van der Waals surface area contributed by atoms with Gasteiger partial charge in [-0.25, -0.2) is 0 Å². The monoisotopic (exact) mass is 274 g/mol. The van der Waals surface area contributed by atoms with Gasteiger partial charge in [-0.15, -0.1) is 0 Å². The van der Waals surface area contributed by atoms with Gasteiger partial charge in [0.1, 0.15) is 6.10 Å². The summed E-state index contributed by atoms with van der Waals surface area (Å²) in [4.78, 5) is 2.35. The predicted molar refractivity (Wildman–Crippen MR) is 78.0 cm³/mol. The number of benzene rings is 1. The molecule has 1 aromatic carbocycles. The minimum Gasteiger partial charge on any atom is -0.493 e. The number of methoxy groups -OCH3 is 1. The minimum atomic E-state index is 0.139. The molecule has 20 heavy (non-hydrogen) atoms. The van der Waals surface area contributed by atoms with Gasteiger partial charge in [0.15, 0.2) is 11.5 Å². The van der Waals surface area contributed by atoms with Crippen LogP contribution in [0.4, 0.5) is 0 Å². The quantitative estimate of drug-likeness (QED) is 0.847. The molecule has 1 saturated heterocycles. The van der Waals surface area contributed by atoms with Gasteiger partial charge in [0, 0.05) is 18.5 Å². The van der Waals surface area contributed by atoms with Crippen molar-refractivity contribution in [1.82, 2.24) is 4.90 Å². The molecule has 0 N–H and O–H groups in total. The molecule has 2 unspecified atom stereocenters. The van der Waals surface area contributed by atoms with Crippen LogP contribution >= 0.6 is 0 Å². The van der Waals surface area contributed by atoms with Crippen LogP contribution in [0.15, 0.2) is 18.2 Å². The van der Waals surface area contributed by atoms with Crippen molar-refractivity contribution in [3.63, 3.8) is 0 Å². The third kappa shape index (κ3) is 3.43. The van der Waals surface area contributed by atoms with E-state index in [2.05, 4.69) is 24.9 Å². The van der Waals surface area contributed by atoms with Gasteiger partial charge in [0.2, 0.25) is 0 Å². The Balaban J connectivity index is 2.07. The van der Waals surface area contributed by atoms with Gasteiger partial charge in [0.25, 0.3) is 0 Å². The number of piperidine rings is 1. The van der Waals surface area contributed by atoms with Crippen LogP contribution in [-0.4, -0.2) is 38.3 Å². The molecule has 2 rings (SSSR count). The molecule has 0 spiro atoms. The zero-order valence-corrected chi connectivity index (χ0v) is 12.4. The van der Waals surface area contributed by atoms with E-state index >= 15 is 0 Å². The SMILES string of the molecule is COc1cc(C#N)ccc1OC(C)C1CCCN(C)C1. The maximum atomic E-state index is 8.91. The lowest BCUT2D eigenvalue weighted by molar-refractivity contribution is 0.0878. The van der Waals surface area contributed by atoms with Crippen molar-refractivity contribution in [2.75, 3.05) is 27.2 Å². The number of likely N-dealkylation sites (tertiary alicyclic amines) is 1. The molecule has 2 atom stereocenters. The van der Waals surface area contributed by atoms with Gasteiger partial charge in [-0.2, -0.15) is 5.26 Å². The smallest absolute Gasteiger partial charge is 0.162 e. The Morgan fingerprint density at radius 2 is 2.20 bits per heavy atom. The molecule has 4 nitrogen and oxygen atoms in total. The van der Waals surface area contributed by atoms with E-state index in [0.717, 1.165) is 6.54 Å². The first-order chi connectivity index (χ1) is 9.63. The lowest BCUT2D eigenvalue weighted by Crippen LogP contribution is -2.39. The highest BCUT2D eigenvalue weighted by atomic mass is 16.5. The molecule has 0 radical (unpaired) electrons. The number of nitriles is 1. The average molecular weight is 274 g/mol. The van der Waals surface area contributed by atoms with Crippen molar-refractivity contribution in [3.05, 3.63) is 23.8 Å². The molecule has 1 heterocycles. The maximum Gasteiger partial charge on any atom is 0.162 e. The van der Waals surface area contributed by atoms with Gasteiger partial charge in [-0.1, -0.05) is 0 Å². The summed E-state index contributed by atoms with van der Waals surface area (Å²) in [7, 11) is 3.75. The van der Waals surface area contributed by atoms with Crippen molar-refractivity contribution in [2.24, 2.45) is 5.92 Å². The van der Waals surface area contributed by atoms with Crippen molar-refractivity contribution >= 4 is 0 Å². The Labute approximate surface area is 120 Å². The summed E-state index contributed by atoms with van der Waals surface area (Å²) in [5.74, 6) is 1.88. The number of ether oxygens (including phenoxy) is 2. The van der Waals surface area contributed by atoms with E-state index in [0.29, 0.717) is 23.0 Å². The molecule has 0 amide bonds. The van der Waals surface area contributed by atoms with Gasteiger partial charge in [-0.05, 0) is 45.5 Å². The maximum absolute atomic E-state index is 8.91. The van der Waals surface area contributed by atoms with Gasteiger partial charge < -0.3 is 14.4 Å². The lowest BCUT2D eigenvalue weighted by Gasteiger charge is -2.33. The molecule has 1 aromatic rings. The fourth-order valence-corrected chi connectivity index (χ4v) is 2.72. The second-order valence-corrected chi connectivity index (χ2v) is 5.46. The Kier molecular flexibility index (Phi) is 4.86. The number of rotatable bonds is 4. The van der Waals surface area contributed by atoms with Crippen LogP contribution in [0.25, 0.3) is 0 Å². The summed E-state index contributed by atoms with van der Waals surface area (Å²) in [6.07, 6.45) is 2.56. The molecular weight excluding hydrogens is 252 g/mol. The van der Waals surface area contributed by atoms with E-state index in [1.54, 1.807) is 19.2 Å². The molecule has 0 aliphatic carbocycles. The second kappa shape index (κ2) is 6.62. The summed E-state index contributed by atoms with van der Waals surface area (Å²) in [6, 6.07) is 7.41. The van der Waals surface area contributed by atoms with Crippen molar-refractivity contribution in [2.45, 2.75) is 25.9 Å². The molecule has 1 fully saturated rings. The first kappa shape index (κ1) is 14.7. The standard InChI is InChI=1S/C16H22N2O2/c1-12(14-5-4-8-18(2)11-14)20-15-7-6-13(10-17)9-16(15)19-3/h6-7,9,12,14H,4-5,8,11H2,1-3H3. The Bertz CT molecular complexity index is 496. The van der Waals surface area contributed by atoms with E-state index < -0.39 is 0 Å². The lowest BCUT2D eigenvalue weighted by atomic mass is 9.93. The summed E-state index contributed by atoms with van der Waals surface area (Å²) < 4.78 is 11.4. The van der Waals surface area contributed by atoms with Gasteiger partial charge in [0.05, 0.1) is 18.7 Å². The summed E-state index contributed by atoms with van der Waals surface area (Å²) in [6.45, 7) is 4.35. The fraction of sp³-hybridized carbons (Fsp3) is 0.562. The first-order valence-electron chi connectivity index (χ1n) is 7.07. The largest absolute Gasteiger partial charge is 0.493 e. The summed E-state index contributed by atoms with van der Waals surface area (Å²) in [5.41, 5.74) is 0.583. The molecule has 0 saturated carbocycles. The zero-order chi connectivity index (χ0) is 14.5. The van der Waals surface area contributed by atoms with Gasteiger partial charge in [-0.3, -0.25) is 0 Å². The second-order valence-electron chi connectivity index (χ2n) is 5.46. The van der Waals surface area contributed by atoms with Crippen LogP contribution in [0, 0.1) is 17.2 Å². The highest BCUT2D eigenvalue weighted by Gasteiger charge is 2.24. The van der Waals surface area contributed by atoms with Crippen LogP contribution in [0.5, 0.6) is 11.5 Å². The molecule has 4 heteroatoms. The third-order valence-corrected chi connectivity index (χ3v) is 3.93. The topological polar surface area (TPSA) is 45.5 Å². The first-order valence-corrected chi connectivity index (χ1v) is 7.07. The van der Waals surface area contributed by atoms with Crippen LogP contribution in [-0.2, 0) is 0 Å². The predicted octanol–water partition coefficient (Wildman–Crippen LogP) is 2.68. The Hall–Kier alpha value is -1.73. The van der Waals surface area contributed by atoms with Crippen molar-refractivity contribution in [3.8, 4) is 17.6 Å². The highest BCUT2D eigenvalue weighted by molar-refractivity contribution is 5.46. The number of nitrogens with zero attached hydrogens (tertiary/aromatic N) is 2. The highest BCUT2D eigenvalue weighted by Crippen LogP contribution is 2.31. The Morgan fingerprint density at radius 3 is 2.85 bits per heavy atom. The fourth-order valence-electron chi connectivity index (χ4n) is 2.72. The minimum absolute atomic E-state index is 0.139. The van der Waals surface area contributed by atoms with E-state index in [-0.39, 0.29) is 6.10 Å². The zero-order valence-electron chi connectivity index (χ0n) is 12.4. The molecule has 0 aromatic heterocycles. The molecule has 108 valence electrons. The normalized spacial score (nSPS) is 21.0. The van der Waals surface area contributed by atoms with E-state index in [4.69, 9.17) is 14.7 Å². The number of hydrogen-bond donors (Lipinski definition) is 0. The molecular formula is C16H22N2O2. The van der Waals surface area contributed by atoms with E-state index in [1.165, 1.54) is 19.4 Å². The van der Waals surface area contributed by atoms with Crippen LogP contribution in [0.1, 0.15) is 25.3 Å².